The minimum absolute atomic E-state index is 0.0304. The molecule has 0 bridgehead atoms. The first-order chi connectivity index (χ1) is 9.79. The van der Waals surface area contributed by atoms with Crippen LogP contribution in [0.1, 0.15) is 18.4 Å². The normalized spacial score (nSPS) is 11.6. The molecule has 0 radical (unpaired) electrons. The van der Waals surface area contributed by atoms with Gasteiger partial charge in [-0.15, -0.1) is 0 Å². The summed E-state index contributed by atoms with van der Waals surface area (Å²) in [6.45, 7) is 0. The Morgan fingerprint density at radius 3 is 2.43 bits per heavy atom. The van der Waals surface area contributed by atoms with Crippen molar-refractivity contribution in [2.45, 2.75) is 25.3 Å². The fourth-order valence-corrected chi connectivity index (χ4v) is 1.51. The topological polar surface area (TPSA) is 169 Å². The highest BCUT2D eigenvalue weighted by molar-refractivity contribution is 5.86. The van der Waals surface area contributed by atoms with Gasteiger partial charge in [0, 0.05) is 18.2 Å². The smallest absolute Gasteiger partial charge is 0.326 e. The van der Waals surface area contributed by atoms with Gasteiger partial charge in [-0.25, -0.2) is 9.59 Å². The zero-order valence-electron chi connectivity index (χ0n) is 10.7. The quantitative estimate of drug-likeness (QED) is 0.389. The average Bonchev–Trinajstić information content (AvgIpc) is 2.36. The number of carbonyl (C=O) groups excluding carboxylic acids is 1. The van der Waals surface area contributed by atoms with E-state index in [0.717, 1.165) is 6.20 Å². The standard InChI is InChI=1S/C11H13N3O7/c15-7(13-6(10(19)20)3-8(16)17)2-1-5-4-12-11(21)14-9(5)18/h4,6H,1-3H2,(H,13,15)(H,16,17)(H,19,20)(H2,12,14,18,21)/t6-/m1/s1. The van der Waals surface area contributed by atoms with E-state index in [4.69, 9.17) is 10.2 Å². The van der Waals surface area contributed by atoms with Crippen LogP contribution in [0.2, 0.25) is 0 Å². The maximum atomic E-state index is 11.5. The summed E-state index contributed by atoms with van der Waals surface area (Å²) in [6.07, 6.45) is 0.149. The van der Waals surface area contributed by atoms with Gasteiger partial charge in [0.2, 0.25) is 5.91 Å². The number of carbonyl (C=O) groups is 3. The Bertz CT molecular complexity index is 660. The summed E-state index contributed by atoms with van der Waals surface area (Å²) in [6, 6.07) is -1.54. The first-order valence-corrected chi connectivity index (χ1v) is 5.84. The van der Waals surface area contributed by atoms with Gasteiger partial charge in [-0.05, 0) is 6.42 Å². The van der Waals surface area contributed by atoms with Gasteiger partial charge in [-0.3, -0.25) is 19.4 Å². The van der Waals surface area contributed by atoms with Crippen LogP contribution < -0.4 is 16.6 Å². The van der Waals surface area contributed by atoms with Crippen LogP contribution in [0.3, 0.4) is 0 Å². The van der Waals surface area contributed by atoms with Gasteiger partial charge in [0.15, 0.2) is 0 Å². The Morgan fingerprint density at radius 1 is 1.24 bits per heavy atom. The van der Waals surface area contributed by atoms with E-state index in [1.807, 2.05) is 10.3 Å². The van der Waals surface area contributed by atoms with Crippen molar-refractivity contribution >= 4 is 17.8 Å². The van der Waals surface area contributed by atoms with Gasteiger partial charge >= 0.3 is 17.6 Å². The molecule has 1 atom stereocenters. The number of aliphatic carboxylic acids is 2. The van der Waals surface area contributed by atoms with Crippen molar-refractivity contribution in [1.82, 2.24) is 15.3 Å². The molecule has 10 nitrogen and oxygen atoms in total. The van der Waals surface area contributed by atoms with Crippen molar-refractivity contribution in [3.63, 3.8) is 0 Å². The summed E-state index contributed by atoms with van der Waals surface area (Å²) in [5.41, 5.74) is -1.18. The number of aryl methyl sites for hydroxylation is 1. The molecule has 1 aromatic rings. The van der Waals surface area contributed by atoms with Gasteiger partial charge in [0.25, 0.3) is 5.56 Å². The zero-order valence-corrected chi connectivity index (χ0v) is 10.7. The lowest BCUT2D eigenvalue weighted by molar-refractivity contribution is -0.147. The third-order valence-electron chi connectivity index (χ3n) is 2.53. The third-order valence-corrected chi connectivity index (χ3v) is 2.53. The summed E-state index contributed by atoms with van der Waals surface area (Å²) in [5, 5.41) is 19.3. The Balaban J connectivity index is 2.60. The lowest BCUT2D eigenvalue weighted by Crippen LogP contribution is -2.42. The van der Waals surface area contributed by atoms with Gasteiger partial charge in [-0.2, -0.15) is 0 Å². The Kier molecular flexibility index (Phi) is 5.40. The molecule has 21 heavy (non-hydrogen) atoms. The summed E-state index contributed by atoms with van der Waals surface area (Å²) in [5.74, 6) is -3.54. The Hall–Kier alpha value is -2.91. The molecule has 1 rings (SSSR count). The second kappa shape index (κ2) is 7.03. The second-order valence-electron chi connectivity index (χ2n) is 4.15. The highest BCUT2D eigenvalue weighted by Crippen LogP contribution is 1.97. The molecule has 0 unspecified atom stereocenters. The van der Waals surface area contributed by atoms with Crippen LogP contribution in [0.15, 0.2) is 15.8 Å². The van der Waals surface area contributed by atoms with E-state index in [1.165, 1.54) is 0 Å². The van der Waals surface area contributed by atoms with Crippen LogP contribution in [0, 0.1) is 0 Å². The number of carboxylic acid groups (broad SMARTS) is 2. The van der Waals surface area contributed by atoms with Gasteiger partial charge in [-0.1, -0.05) is 0 Å². The molecule has 0 saturated heterocycles. The molecular formula is C11H13N3O7. The van der Waals surface area contributed by atoms with Crippen LogP contribution in [-0.2, 0) is 20.8 Å². The van der Waals surface area contributed by atoms with Crippen molar-refractivity contribution in [1.29, 1.82) is 0 Å². The number of hydrogen-bond acceptors (Lipinski definition) is 5. The van der Waals surface area contributed by atoms with Crippen molar-refractivity contribution in [3.8, 4) is 0 Å². The lowest BCUT2D eigenvalue weighted by atomic mass is 10.1. The fourth-order valence-electron chi connectivity index (χ4n) is 1.51. The molecule has 0 fully saturated rings. The largest absolute Gasteiger partial charge is 0.481 e. The van der Waals surface area contributed by atoms with E-state index >= 15 is 0 Å². The number of rotatable bonds is 7. The minimum atomic E-state index is -1.54. The number of aromatic nitrogens is 2. The molecule has 114 valence electrons. The molecule has 0 aliphatic rings. The van der Waals surface area contributed by atoms with Gasteiger partial charge in [0.05, 0.1) is 6.42 Å². The Labute approximate surface area is 116 Å². The maximum Gasteiger partial charge on any atom is 0.326 e. The van der Waals surface area contributed by atoms with Crippen LogP contribution in [0.5, 0.6) is 0 Å². The summed E-state index contributed by atoms with van der Waals surface area (Å²) >= 11 is 0. The molecule has 5 N–H and O–H groups in total. The van der Waals surface area contributed by atoms with E-state index in [-0.39, 0.29) is 18.4 Å². The summed E-state index contributed by atoms with van der Waals surface area (Å²) in [4.78, 5) is 59.1. The van der Waals surface area contributed by atoms with Crippen LogP contribution in [0.4, 0.5) is 0 Å². The number of nitrogens with one attached hydrogen (secondary N) is 3. The average molecular weight is 299 g/mol. The van der Waals surface area contributed by atoms with E-state index in [9.17, 15) is 24.0 Å². The number of hydrogen-bond donors (Lipinski definition) is 5. The number of amides is 1. The Morgan fingerprint density at radius 2 is 1.90 bits per heavy atom. The highest BCUT2D eigenvalue weighted by atomic mass is 16.4. The molecule has 1 heterocycles. The molecule has 0 aliphatic carbocycles. The van der Waals surface area contributed by atoms with Gasteiger partial charge < -0.3 is 20.5 Å². The molecule has 0 saturated carbocycles. The van der Waals surface area contributed by atoms with E-state index < -0.39 is 41.6 Å². The molecule has 10 heteroatoms. The number of carboxylic acids is 2. The summed E-state index contributed by atoms with van der Waals surface area (Å²) < 4.78 is 0. The number of aromatic amines is 2. The fraction of sp³-hybridized carbons (Fsp3) is 0.364. The zero-order chi connectivity index (χ0) is 16.0. The van der Waals surface area contributed by atoms with E-state index in [1.54, 1.807) is 0 Å². The molecule has 0 aliphatic heterocycles. The highest BCUT2D eigenvalue weighted by Gasteiger charge is 2.22. The number of H-pyrrole nitrogens is 2. The predicted octanol–water partition coefficient (Wildman–Crippen LogP) is -1.96. The lowest BCUT2D eigenvalue weighted by Gasteiger charge is -2.12. The third kappa shape index (κ3) is 5.30. The molecule has 0 spiro atoms. The van der Waals surface area contributed by atoms with Crippen LogP contribution in [-0.4, -0.2) is 44.1 Å². The predicted molar refractivity (Wildman–Crippen MR) is 67.8 cm³/mol. The molecule has 1 aromatic heterocycles. The van der Waals surface area contributed by atoms with Crippen molar-refractivity contribution in [3.05, 3.63) is 32.6 Å². The molecule has 1 amide bonds. The SMILES string of the molecule is O=C(O)C[C@@H](NC(=O)CCc1c[nH]c(=O)[nH]c1=O)C(=O)O. The molecule has 0 aromatic carbocycles. The van der Waals surface area contributed by atoms with Crippen LogP contribution >= 0.6 is 0 Å². The van der Waals surface area contributed by atoms with Crippen molar-refractivity contribution in [2.24, 2.45) is 0 Å². The van der Waals surface area contributed by atoms with E-state index in [2.05, 4.69) is 4.98 Å². The second-order valence-corrected chi connectivity index (χ2v) is 4.15. The van der Waals surface area contributed by atoms with Crippen molar-refractivity contribution in [2.75, 3.05) is 0 Å². The van der Waals surface area contributed by atoms with Gasteiger partial charge in [0.1, 0.15) is 6.04 Å². The monoisotopic (exact) mass is 299 g/mol. The first-order valence-electron chi connectivity index (χ1n) is 5.84. The molecular weight excluding hydrogens is 286 g/mol. The minimum Gasteiger partial charge on any atom is -0.481 e. The van der Waals surface area contributed by atoms with Crippen molar-refractivity contribution < 1.29 is 24.6 Å². The van der Waals surface area contributed by atoms with Crippen LogP contribution in [0.25, 0.3) is 0 Å². The van der Waals surface area contributed by atoms with E-state index in [0.29, 0.717) is 0 Å². The first kappa shape index (κ1) is 16.1. The summed E-state index contributed by atoms with van der Waals surface area (Å²) in [7, 11) is 0. The maximum absolute atomic E-state index is 11.5.